The number of methoxy groups -OCH3 is 1. The van der Waals surface area contributed by atoms with E-state index in [1.54, 1.807) is 7.11 Å². The van der Waals surface area contributed by atoms with Crippen molar-refractivity contribution in [1.82, 2.24) is 0 Å². The molecular weight excluding hydrogens is 240 g/mol. The van der Waals surface area contributed by atoms with Crippen LogP contribution in [0.4, 0.5) is 0 Å². The van der Waals surface area contributed by atoms with Gasteiger partial charge >= 0.3 is 0 Å². The van der Waals surface area contributed by atoms with E-state index in [1.165, 1.54) is 5.57 Å². The van der Waals surface area contributed by atoms with Crippen molar-refractivity contribution in [3.05, 3.63) is 11.1 Å². The Morgan fingerprint density at radius 1 is 1.32 bits per heavy atom. The van der Waals surface area contributed by atoms with Crippen LogP contribution in [0.2, 0.25) is 0 Å². The van der Waals surface area contributed by atoms with E-state index in [0.29, 0.717) is 18.9 Å². The summed E-state index contributed by atoms with van der Waals surface area (Å²) in [5.74, 6) is 0.655. The molecule has 1 unspecified atom stereocenters. The summed E-state index contributed by atoms with van der Waals surface area (Å²) in [6.45, 7) is 8.96. The van der Waals surface area contributed by atoms with E-state index >= 15 is 0 Å². The third-order valence-electron chi connectivity index (χ3n) is 4.26. The van der Waals surface area contributed by atoms with Gasteiger partial charge in [0.25, 0.3) is 0 Å². The lowest BCUT2D eigenvalue weighted by atomic mass is 9.78. The number of ketones is 1. The summed E-state index contributed by atoms with van der Waals surface area (Å²) in [4.78, 5) is 12.0. The first-order valence-electron chi connectivity index (χ1n) is 7.21. The van der Waals surface area contributed by atoms with Crippen LogP contribution in [0.15, 0.2) is 11.1 Å². The smallest absolute Gasteiger partial charge is 0.161 e. The van der Waals surface area contributed by atoms with Crippen LogP contribution in [0.1, 0.15) is 53.4 Å². The highest BCUT2D eigenvalue weighted by Gasteiger charge is 2.48. The maximum absolute atomic E-state index is 12.0. The second-order valence-electron chi connectivity index (χ2n) is 6.98. The Hall–Kier alpha value is -0.670. The van der Waals surface area contributed by atoms with Crippen molar-refractivity contribution in [3.63, 3.8) is 0 Å². The average Bonchev–Trinajstić information content (AvgIpc) is 2.58. The first-order valence-corrected chi connectivity index (χ1v) is 7.21. The second kappa shape index (κ2) is 5.02. The lowest BCUT2D eigenvalue weighted by Crippen LogP contribution is -2.42. The quantitative estimate of drug-likeness (QED) is 0.786. The van der Waals surface area contributed by atoms with E-state index in [-0.39, 0.29) is 17.0 Å². The van der Waals surface area contributed by atoms with Gasteiger partial charge in [-0.15, -0.1) is 0 Å². The number of hydrogen-bond donors (Lipinski definition) is 0. The van der Waals surface area contributed by atoms with Crippen LogP contribution >= 0.6 is 0 Å². The predicted octanol–water partition coefficient (Wildman–Crippen LogP) is 3.28. The van der Waals surface area contributed by atoms with E-state index in [4.69, 9.17) is 9.47 Å². The highest BCUT2D eigenvalue weighted by atomic mass is 16.5. The van der Waals surface area contributed by atoms with Crippen molar-refractivity contribution < 1.29 is 14.3 Å². The van der Waals surface area contributed by atoms with E-state index in [2.05, 4.69) is 27.7 Å². The maximum atomic E-state index is 12.0. The van der Waals surface area contributed by atoms with Crippen LogP contribution in [0.3, 0.4) is 0 Å². The Balaban J connectivity index is 2.29. The summed E-state index contributed by atoms with van der Waals surface area (Å²) in [5.41, 5.74) is 1.94. The van der Waals surface area contributed by atoms with Crippen LogP contribution in [0, 0.1) is 5.92 Å². The van der Waals surface area contributed by atoms with Crippen molar-refractivity contribution in [3.8, 4) is 0 Å². The number of carbonyl (C=O) groups is 1. The minimum Gasteiger partial charge on any atom is -0.380 e. The topological polar surface area (TPSA) is 35.5 Å². The lowest BCUT2D eigenvalue weighted by Gasteiger charge is -2.39. The first-order chi connectivity index (χ1) is 8.77. The van der Waals surface area contributed by atoms with Gasteiger partial charge in [0.2, 0.25) is 0 Å². The molecule has 0 N–H and O–H groups in total. The molecule has 0 heterocycles. The molecule has 0 saturated heterocycles. The number of carbonyl (C=O) groups excluding carboxylic acids is 1. The van der Waals surface area contributed by atoms with Crippen molar-refractivity contribution in [2.75, 3.05) is 13.7 Å². The Morgan fingerprint density at radius 2 is 2.00 bits per heavy atom. The number of rotatable bonds is 3. The summed E-state index contributed by atoms with van der Waals surface area (Å²) in [6.07, 6.45) is 3.54. The molecule has 2 rings (SSSR count). The largest absolute Gasteiger partial charge is 0.380 e. The molecule has 0 spiro atoms. The number of ether oxygens (including phenoxy) is 2. The van der Waals surface area contributed by atoms with Crippen molar-refractivity contribution in [2.24, 2.45) is 5.92 Å². The van der Waals surface area contributed by atoms with E-state index in [9.17, 15) is 4.79 Å². The number of hydrogen-bond acceptors (Lipinski definition) is 3. The third kappa shape index (κ3) is 2.92. The molecule has 1 fully saturated rings. The SMILES string of the molecule is COCC1=C2CC[C@](C)(OC(C)(C)C)C2CCC1=O. The third-order valence-corrected chi connectivity index (χ3v) is 4.26. The van der Waals surface area contributed by atoms with E-state index < -0.39 is 0 Å². The Morgan fingerprint density at radius 3 is 2.58 bits per heavy atom. The van der Waals surface area contributed by atoms with Gasteiger partial charge in [0.05, 0.1) is 17.8 Å². The van der Waals surface area contributed by atoms with Gasteiger partial charge in [-0.1, -0.05) is 5.57 Å². The van der Waals surface area contributed by atoms with E-state index in [0.717, 1.165) is 24.8 Å². The van der Waals surface area contributed by atoms with Crippen LogP contribution in [0.25, 0.3) is 0 Å². The molecule has 0 aromatic heterocycles. The van der Waals surface area contributed by atoms with Gasteiger partial charge in [0.15, 0.2) is 5.78 Å². The average molecular weight is 266 g/mol. The second-order valence-corrected chi connectivity index (χ2v) is 6.98. The fraction of sp³-hybridized carbons (Fsp3) is 0.812. The molecule has 0 aliphatic heterocycles. The van der Waals surface area contributed by atoms with Gasteiger partial charge in [0, 0.05) is 25.0 Å². The summed E-state index contributed by atoms with van der Waals surface area (Å²) in [6, 6.07) is 0. The minimum atomic E-state index is -0.146. The van der Waals surface area contributed by atoms with Crippen LogP contribution in [0.5, 0.6) is 0 Å². The maximum Gasteiger partial charge on any atom is 0.161 e. The summed E-state index contributed by atoms with van der Waals surface area (Å²) >= 11 is 0. The van der Waals surface area contributed by atoms with Gasteiger partial charge in [-0.3, -0.25) is 4.79 Å². The summed E-state index contributed by atoms with van der Waals surface area (Å²) in [7, 11) is 1.66. The zero-order valence-corrected chi connectivity index (χ0v) is 12.8. The first kappa shape index (κ1) is 14.7. The van der Waals surface area contributed by atoms with Crippen molar-refractivity contribution in [1.29, 1.82) is 0 Å². The number of Topliss-reactive ketones (excluding diaryl/α,β-unsaturated/α-hetero) is 1. The molecule has 2 aliphatic rings. The normalized spacial score (nSPS) is 31.8. The molecule has 0 aromatic rings. The lowest BCUT2D eigenvalue weighted by molar-refractivity contribution is -0.140. The molecule has 0 amide bonds. The predicted molar refractivity (Wildman–Crippen MR) is 75.1 cm³/mol. The van der Waals surface area contributed by atoms with Crippen LogP contribution < -0.4 is 0 Å². The monoisotopic (exact) mass is 266 g/mol. The fourth-order valence-electron chi connectivity index (χ4n) is 3.69. The molecule has 0 radical (unpaired) electrons. The standard InChI is InChI=1S/C16H26O3/c1-15(2,3)19-16(4)9-8-11-12(10-18-5)14(17)7-6-13(11)16/h13H,6-10H2,1-5H3/t13?,16-/m0/s1. The van der Waals surface area contributed by atoms with Gasteiger partial charge in [-0.25, -0.2) is 0 Å². The molecular formula is C16H26O3. The molecule has 19 heavy (non-hydrogen) atoms. The molecule has 1 saturated carbocycles. The molecule has 0 aromatic carbocycles. The molecule has 0 bridgehead atoms. The zero-order valence-electron chi connectivity index (χ0n) is 12.8. The Kier molecular flexibility index (Phi) is 3.90. The molecule has 2 aliphatic carbocycles. The summed E-state index contributed by atoms with van der Waals surface area (Å²) < 4.78 is 11.5. The molecule has 108 valence electrons. The summed E-state index contributed by atoms with van der Waals surface area (Å²) in [5, 5.41) is 0. The van der Waals surface area contributed by atoms with Crippen molar-refractivity contribution in [2.45, 2.75) is 64.6 Å². The van der Waals surface area contributed by atoms with Crippen molar-refractivity contribution >= 4 is 5.78 Å². The molecule has 3 nitrogen and oxygen atoms in total. The molecule has 3 heteroatoms. The van der Waals surface area contributed by atoms with Crippen LogP contribution in [-0.4, -0.2) is 30.7 Å². The highest BCUT2D eigenvalue weighted by molar-refractivity contribution is 5.97. The van der Waals surface area contributed by atoms with Gasteiger partial charge in [-0.2, -0.15) is 0 Å². The Bertz CT molecular complexity index is 403. The number of fused-ring (bicyclic) bond motifs is 1. The van der Waals surface area contributed by atoms with Gasteiger partial charge < -0.3 is 9.47 Å². The van der Waals surface area contributed by atoms with E-state index in [1.807, 2.05) is 0 Å². The molecule has 2 atom stereocenters. The minimum absolute atomic E-state index is 0.132. The van der Waals surface area contributed by atoms with Gasteiger partial charge in [-0.05, 0) is 47.0 Å². The van der Waals surface area contributed by atoms with Gasteiger partial charge in [0.1, 0.15) is 0 Å². The fourth-order valence-corrected chi connectivity index (χ4v) is 3.69. The van der Waals surface area contributed by atoms with Crippen LogP contribution in [-0.2, 0) is 14.3 Å². The Labute approximate surface area is 116 Å². The highest BCUT2D eigenvalue weighted by Crippen LogP contribution is 2.49. The zero-order chi connectivity index (χ0) is 14.3.